The molecule has 0 amide bonds. The summed E-state index contributed by atoms with van der Waals surface area (Å²) in [5.41, 5.74) is 20.8. The predicted molar refractivity (Wildman–Crippen MR) is 287 cm³/mol. The van der Waals surface area contributed by atoms with Crippen LogP contribution in [0.25, 0.3) is 44.5 Å². The molecule has 71 heavy (non-hydrogen) atoms. The van der Waals surface area contributed by atoms with Gasteiger partial charge in [0.15, 0.2) is 0 Å². The molecule has 2 spiro atoms. The van der Waals surface area contributed by atoms with Crippen LogP contribution in [0.15, 0.2) is 261 Å². The summed E-state index contributed by atoms with van der Waals surface area (Å²) in [5, 5.41) is 0. The van der Waals surface area contributed by atoms with Crippen LogP contribution in [0.3, 0.4) is 0 Å². The predicted octanol–water partition coefficient (Wildman–Crippen LogP) is 17.4. The first-order valence-corrected chi connectivity index (χ1v) is 24.5. The number of ether oxygens (including phenoxy) is 2. The Hall–Kier alpha value is -9.18. The highest BCUT2D eigenvalue weighted by atomic mass is 16.5. The van der Waals surface area contributed by atoms with Crippen LogP contribution in [0, 0.1) is 0 Å². The van der Waals surface area contributed by atoms with Crippen molar-refractivity contribution in [3.63, 3.8) is 0 Å². The molecule has 0 bridgehead atoms. The molecular formula is C68H43NO2. The Morgan fingerprint density at radius 1 is 0.254 bits per heavy atom. The summed E-state index contributed by atoms with van der Waals surface area (Å²) >= 11 is 0. The number of benzene rings is 11. The van der Waals surface area contributed by atoms with Crippen molar-refractivity contribution in [3.05, 3.63) is 305 Å². The Labute approximate surface area is 413 Å². The first kappa shape index (κ1) is 39.8. The third-order valence-electron chi connectivity index (χ3n) is 15.6. The van der Waals surface area contributed by atoms with Crippen molar-refractivity contribution in [3.8, 4) is 67.5 Å². The maximum absolute atomic E-state index is 6.86. The molecule has 3 heteroatoms. The second-order valence-electron chi connectivity index (χ2n) is 19.0. The van der Waals surface area contributed by atoms with E-state index in [9.17, 15) is 0 Å². The molecule has 2 aliphatic carbocycles. The lowest BCUT2D eigenvalue weighted by molar-refractivity contribution is 0.436. The number of hydrogen-bond donors (Lipinski definition) is 0. The van der Waals surface area contributed by atoms with E-state index in [0.29, 0.717) is 0 Å². The van der Waals surface area contributed by atoms with Crippen LogP contribution in [0.4, 0.5) is 17.1 Å². The minimum Gasteiger partial charge on any atom is -0.457 e. The summed E-state index contributed by atoms with van der Waals surface area (Å²) in [4.78, 5) is 2.56. The standard InChI is InChI=1S/C68H43NO2/c1-2-19-44(20-3-1)45-37-39-46(40-38-45)48-21-6-13-31-60(48)69(47-41-42-51-49-22-4-7-25-53(49)67(59(51)43-47)55-27-9-14-33-62(55)70-63-34-15-10-28-56(63)67)61-32-18-24-52-50-23-5-8-26-54(50)68(66(52)61)57-29-11-16-35-64(57)71-65-36-17-12-30-58(65)68/h1-43H. The molecule has 0 saturated heterocycles. The topological polar surface area (TPSA) is 21.7 Å². The smallest absolute Gasteiger partial charge is 0.132 e. The van der Waals surface area contributed by atoms with Gasteiger partial charge in [0.1, 0.15) is 23.0 Å². The van der Waals surface area contributed by atoms with Gasteiger partial charge in [-0.25, -0.2) is 0 Å². The van der Waals surface area contributed by atoms with Crippen LogP contribution in [0.5, 0.6) is 23.0 Å². The molecule has 0 fully saturated rings. The number of hydrogen-bond acceptors (Lipinski definition) is 3. The van der Waals surface area contributed by atoms with Gasteiger partial charge in [-0.1, -0.05) is 212 Å². The van der Waals surface area contributed by atoms with Crippen molar-refractivity contribution >= 4 is 17.1 Å². The van der Waals surface area contributed by atoms with Crippen molar-refractivity contribution in [2.75, 3.05) is 4.90 Å². The molecule has 0 atom stereocenters. The molecule has 0 N–H and O–H groups in total. The molecule has 0 aromatic heterocycles. The first-order chi connectivity index (χ1) is 35.2. The van der Waals surface area contributed by atoms with Crippen LogP contribution >= 0.6 is 0 Å². The maximum Gasteiger partial charge on any atom is 0.132 e. The van der Waals surface area contributed by atoms with E-state index < -0.39 is 10.8 Å². The van der Waals surface area contributed by atoms with Crippen LogP contribution in [0.1, 0.15) is 44.5 Å². The van der Waals surface area contributed by atoms with Crippen molar-refractivity contribution < 1.29 is 9.47 Å². The van der Waals surface area contributed by atoms with Gasteiger partial charge in [0.2, 0.25) is 0 Å². The second-order valence-corrected chi connectivity index (χ2v) is 19.0. The summed E-state index contributed by atoms with van der Waals surface area (Å²) in [6.07, 6.45) is 0. The van der Waals surface area contributed by atoms with Crippen molar-refractivity contribution in [2.24, 2.45) is 0 Å². The van der Waals surface area contributed by atoms with E-state index in [4.69, 9.17) is 9.47 Å². The fraction of sp³-hybridized carbons (Fsp3) is 0.0294. The lowest BCUT2D eigenvalue weighted by Gasteiger charge is -2.42. The molecule has 2 heterocycles. The van der Waals surface area contributed by atoms with E-state index in [0.717, 1.165) is 73.4 Å². The van der Waals surface area contributed by atoms with Crippen LogP contribution < -0.4 is 14.4 Å². The summed E-state index contributed by atoms with van der Waals surface area (Å²) in [5.74, 6) is 3.47. The highest BCUT2D eigenvalue weighted by molar-refractivity contribution is 5.99. The van der Waals surface area contributed by atoms with Gasteiger partial charge in [0.05, 0.1) is 22.2 Å². The van der Waals surface area contributed by atoms with Gasteiger partial charge in [0.25, 0.3) is 0 Å². The molecule has 0 radical (unpaired) electrons. The molecular weight excluding hydrogens is 863 g/mol. The normalized spacial score (nSPS) is 14.1. The minimum absolute atomic E-state index is 0.652. The number of para-hydroxylation sites is 5. The van der Waals surface area contributed by atoms with Crippen molar-refractivity contribution in [2.45, 2.75) is 10.8 Å². The number of anilines is 3. The van der Waals surface area contributed by atoms with Gasteiger partial charge >= 0.3 is 0 Å². The first-order valence-electron chi connectivity index (χ1n) is 24.5. The molecule has 11 aromatic carbocycles. The molecule has 11 aromatic rings. The summed E-state index contributed by atoms with van der Waals surface area (Å²) in [6.45, 7) is 0. The minimum atomic E-state index is -0.717. The quantitative estimate of drug-likeness (QED) is 0.172. The Morgan fingerprint density at radius 2 is 0.662 bits per heavy atom. The SMILES string of the molecule is c1ccc(-c2ccc(-c3ccccc3N(c3ccc4c(c3)C3(c5ccccc5Oc5ccccc53)c3ccccc3-4)c3cccc4c3C3(c5ccccc5Oc5ccccc53)c3ccccc3-4)cc2)cc1. The molecule has 332 valence electrons. The maximum atomic E-state index is 6.86. The average molecular weight is 906 g/mol. The van der Waals surface area contributed by atoms with Crippen LogP contribution in [0.2, 0.25) is 0 Å². The third-order valence-corrected chi connectivity index (χ3v) is 15.6. The van der Waals surface area contributed by atoms with Gasteiger partial charge in [-0.05, 0) is 104 Å². The van der Waals surface area contributed by atoms with E-state index >= 15 is 0 Å². The zero-order valence-corrected chi connectivity index (χ0v) is 38.6. The fourth-order valence-electron chi connectivity index (χ4n) is 12.9. The highest BCUT2D eigenvalue weighted by Gasteiger charge is 2.54. The van der Waals surface area contributed by atoms with Gasteiger partial charge in [0, 0.05) is 39.1 Å². The average Bonchev–Trinajstić information content (AvgIpc) is 3.90. The van der Waals surface area contributed by atoms with E-state index in [1.54, 1.807) is 0 Å². The van der Waals surface area contributed by atoms with E-state index in [2.05, 4.69) is 266 Å². The zero-order chi connectivity index (χ0) is 46.7. The van der Waals surface area contributed by atoms with E-state index in [1.165, 1.54) is 55.6 Å². The molecule has 3 nitrogen and oxygen atoms in total. The zero-order valence-electron chi connectivity index (χ0n) is 38.6. The lowest BCUT2D eigenvalue weighted by Crippen LogP contribution is -2.33. The summed E-state index contributed by atoms with van der Waals surface area (Å²) in [6, 6.07) is 95.3. The number of nitrogens with zero attached hydrogens (tertiary/aromatic N) is 1. The molecule has 15 rings (SSSR count). The van der Waals surface area contributed by atoms with Gasteiger partial charge in [-0.15, -0.1) is 0 Å². The van der Waals surface area contributed by atoms with Crippen LogP contribution in [-0.4, -0.2) is 0 Å². The van der Waals surface area contributed by atoms with Gasteiger partial charge < -0.3 is 14.4 Å². The Bertz CT molecular complexity index is 3870. The fourth-order valence-corrected chi connectivity index (χ4v) is 12.9. The third kappa shape index (κ3) is 5.43. The summed E-state index contributed by atoms with van der Waals surface area (Å²) in [7, 11) is 0. The Morgan fingerprint density at radius 3 is 1.27 bits per heavy atom. The number of rotatable bonds is 5. The van der Waals surface area contributed by atoms with Gasteiger partial charge in [-0.2, -0.15) is 0 Å². The monoisotopic (exact) mass is 905 g/mol. The number of fused-ring (bicyclic) bond motifs is 18. The van der Waals surface area contributed by atoms with E-state index in [-0.39, 0.29) is 0 Å². The van der Waals surface area contributed by atoms with Crippen LogP contribution in [-0.2, 0) is 10.8 Å². The molecule has 0 unspecified atom stereocenters. The largest absolute Gasteiger partial charge is 0.457 e. The summed E-state index contributed by atoms with van der Waals surface area (Å²) < 4.78 is 13.7. The Balaban J connectivity index is 1.05. The Kier molecular flexibility index (Phi) is 8.49. The highest BCUT2D eigenvalue weighted by Crippen LogP contribution is 2.66. The second kappa shape index (κ2) is 15.2. The molecule has 4 aliphatic rings. The molecule has 0 saturated carbocycles. The van der Waals surface area contributed by atoms with E-state index in [1.807, 2.05) is 0 Å². The van der Waals surface area contributed by atoms with Crippen molar-refractivity contribution in [1.82, 2.24) is 0 Å². The lowest BCUT2D eigenvalue weighted by atomic mass is 9.65. The van der Waals surface area contributed by atoms with Crippen molar-refractivity contribution in [1.29, 1.82) is 0 Å². The molecule has 2 aliphatic heterocycles. The van der Waals surface area contributed by atoms with Gasteiger partial charge in [-0.3, -0.25) is 0 Å².